The monoisotopic (exact) mass is 231 g/mol. The molecule has 0 saturated heterocycles. The highest BCUT2D eigenvalue weighted by atomic mass is 19.4. The number of alkyl halides is 3. The van der Waals surface area contributed by atoms with Crippen LogP contribution in [0, 0.1) is 5.92 Å². The first-order valence-electron chi connectivity index (χ1n) is 5.14. The third-order valence-electron chi connectivity index (χ3n) is 2.39. The fourth-order valence-electron chi connectivity index (χ4n) is 1.41. The number of nitrogens with zero attached hydrogens (tertiary/aromatic N) is 2. The molecule has 0 aromatic carbocycles. The van der Waals surface area contributed by atoms with Gasteiger partial charge in [-0.15, -0.1) is 0 Å². The third-order valence-corrected chi connectivity index (χ3v) is 2.39. The second-order valence-corrected chi connectivity index (χ2v) is 4.01. The molecule has 1 aromatic heterocycles. The Bertz CT molecular complexity index is 361. The van der Waals surface area contributed by atoms with E-state index in [4.69, 9.17) is 0 Å². The van der Waals surface area contributed by atoms with Gasteiger partial charge in [0.15, 0.2) is 0 Å². The van der Waals surface area contributed by atoms with Crippen LogP contribution in [0.5, 0.6) is 0 Å². The molecule has 0 atom stereocenters. The maximum atomic E-state index is 12.0. The van der Waals surface area contributed by atoms with Crippen LogP contribution in [0.15, 0.2) is 12.4 Å². The molecule has 1 aliphatic carbocycles. The topological polar surface area (TPSA) is 37.8 Å². The minimum Gasteiger partial charge on any atom is -0.361 e. The molecule has 1 heterocycles. The third kappa shape index (κ3) is 3.67. The SMILES string of the molecule is FC(F)(F)CNc1cc(CC2CC2)ncn1. The highest BCUT2D eigenvalue weighted by molar-refractivity contribution is 5.35. The molecule has 1 saturated carbocycles. The van der Waals surface area contributed by atoms with Crippen LogP contribution < -0.4 is 5.32 Å². The molecule has 88 valence electrons. The summed E-state index contributed by atoms with van der Waals surface area (Å²) in [6.45, 7) is -1.06. The Labute approximate surface area is 91.1 Å². The highest BCUT2D eigenvalue weighted by Gasteiger charge is 2.27. The molecule has 1 fully saturated rings. The van der Waals surface area contributed by atoms with Gasteiger partial charge in [0.25, 0.3) is 0 Å². The molecule has 16 heavy (non-hydrogen) atoms. The van der Waals surface area contributed by atoms with E-state index < -0.39 is 12.7 Å². The number of hydrogen-bond donors (Lipinski definition) is 1. The molecule has 0 radical (unpaired) electrons. The van der Waals surface area contributed by atoms with Crippen molar-refractivity contribution in [3.05, 3.63) is 18.1 Å². The summed E-state index contributed by atoms with van der Waals surface area (Å²) in [6.07, 6.45) is 0.297. The van der Waals surface area contributed by atoms with E-state index in [1.807, 2.05) is 0 Å². The van der Waals surface area contributed by atoms with Gasteiger partial charge in [-0.3, -0.25) is 0 Å². The van der Waals surface area contributed by atoms with Crippen LogP contribution >= 0.6 is 0 Å². The number of rotatable bonds is 4. The summed E-state index contributed by atoms with van der Waals surface area (Å²) in [4.78, 5) is 7.78. The molecule has 6 heteroatoms. The summed E-state index contributed by atoms with van der Waals surface area (Å²) in [5.74, 6) is 0.897. The van der Waals surface area contributed by atoms with Gasteiger partial charge in [-0.1, -0.05) is 0 Å². The van der Waals surface area contributed by atoms with Gasteiger partial charge < -0.3 is 5.32 Å². The molecular formula is C10H12F3N3. The average molecular weight is 231 g/mol. The van der Waals surface area contributed by atoms with Crippen molar-refractivity contribution in [2.45, 2.75) is 25.4 Å². The van der Waals surface area contributed by atoms with Gasteiger partial charge in [-0.2, -0.15) is 13.2 Å². The Morgan fingerprint density at radius 1 is 1.31 bits per heavy atom. The predicted molar refractivity (Wildman–Crippen MR) is 53.0 cm³/mol. The zero-order valence-corrected chi connectivity index (χ0v) is 8.59. The lowest BCUT2D eigenvalue weighted by molar-refractivity contribution is -0.115. The summed E-state index contributed by atoms with van der Waals surface area (Å²) >= 11 is 0. The summed E-state index contributed by atoms with van der Waals surface area (Å²) < 4.78 is 35.9. The Balaban J connectivity index is 1.92. The smallest absolute Gasteiger partial charge is 0.361 e. The summed E-state index contributed by atoms with van der Waals surface area (Å²) in [6, 6.07) is 1.59. The van der Waals surface area contributed by atoms with E-state index in [9.17, 15) is 13.2 Å². The molecular weight excluding hydrogens is 219 g/mol. The molecule has 0 unspecified atom stereocenters. The van der Waals surface area contributed by atoms with Crippen LogP contribution in [0.25, 0.3) is 0 Å². The van der Waals surface area contributed by atoms with Crippen molar-refractivity contribution >= 4 is 5.82 Å². The van der Waals surface area contributed by atoms with E-state index in [1.165, 1.54) is 19.2 Å². The first kappa shape index (κ1) is 11.2. The Kier molecular flexibility index (Phi) is 2.98. The van der Waals surface area contributed by atoms with Crippen molar-refractivity contribution < 1.29 is 13.2 Å². The van der Waals surface area contributed by atoms with Crippen LogP contribution in [0.4, 0.5) is 19.0 Å². The molecule has 0 aliphatic heterocycles. The average Bonchev–Trinajstić information content (AvgIpc) is 2.98. The van der Waals surface area contributed by atoms with Gasteiger partial charge in [0.05, 0.1) is 0 Å². The molecule has 2 rings (SSSR count). The first-order chi connectivity index (χ1) is 7.53. The number of aromatic nitrogens is 2. The van der Waals surface area contributed by atoms with Crippen molar-refractivity contribution in [1.82, 2.24) is 9.97 Å². The van der Waals surface area contributed by atoms with Crippen LogP contribution in [0.3, 0.4) is 0 Å². The van der Waals surface area contributed by atoms with Gasteiger partial charge in [-0.05, 0) is 25.2 Å². The Morgan fingerprint density at radius 2 is 2.06 bits per heavy atom. The summed E-state index contributed by atoms with van der Waals surface area (Å²) in [5, 5.41) is 2.24. The largest absolute Gasteiger partial charge is 0.405 e. The zero-order valence-electron chi connectivity index (χ0n) is 8.59. The number of hydrogen-bond acceptors (Lipinski definition) is 3. The summed E-state index contributed by atoms with van der Waals surface area (Å²) in [5.41, 5.74) is 0.808. The predicted octanol–water partition coefficient (Wildman–Crippen LogP) is 2.40. The maximum Gasteiger partial charge on any atom is 0.405 e. The molecule has 0 spiro atoms. The molecule has 1 aliphatic rings. The number of anilines is 1. The van der Waals surface area contributed by atoms with Crippen LogP contribution in [-0.4, -0.2) is 22.7 Å². The van der Waals surface area contributed by atoms with Crippen molar-refractivity contribution in [2.24, 2.45) is 5.92 Å². The lowest BCUT2D eigenvalue weighted by Crippen LogP contribution is -2.21. The van der Waals surface area contributed by atoms with Gasteiger partial charge in [-0.25, -0.2) is 9.97 Å². The van der Waals surface area contributed by atoms with Crippen molar-refractivity contribution in [1.29, 1.82) is 0 Å². The molecule has 0 bridgehead atoms. The normalized spacial score (nSPS) is 16.2. The molecule has 0 amide bonds. The molecule has 1 aromatic rings. The second-order valence-electron chi connectivity index (χ2n) is 4.01. The van der Waals surface area contributed by atoms with Gasteiger partial charge in [0.2, 0.25) is 0 Å². The lowest BCUT2D eigenvalue weighted by Gasteiger charge is -2.09. The second kappa shape index (κ2) is 4.27. The number of nitrogens with one attached hydrogen (secondary N) is 1. The van der Waals surface area contributed by atoms with Crippen molar-refractivity contribution in [3.8, 4) is 0 Å². The first-order valence-corrected chi connectivity index (χ1v) is 5.14. The minimum absolute atomic E-state index is 0.239. The van der Waals surface area contributed by atoms with E-state index in [-0.39, 0.29) is 5.82 Å². The summed E-state index contributed by atoms with van der Waals surface area (Å²) in [7, 11) is 0. The van der Waals surface area contributed by atoms with Crippen molar-refractivity contribution in [2.75, 3.05) is 11.9 Å². The standard InChI is InChI=1S/C10H12F3N3/c11-10(12,13)5-14-9-4-8(15-6-16-9)3-7-1-2-7/h4,6-7H,1-3,5H2,(H,14,15,16). The number of halogens is 3. The van der Waals surface area contributed by atoms with Gasteiger partial charge in [0, 0.05) is 11.8 Å². The van der Waals surface area contributed by atoms with E-state index in [0.717, 1.165) is 12.1 Å². The van der Waals surface area contributed by atoms with Gasteiger partial charge in [0.1, 0.15) is 18.7 Å². The van der Waals surface area contributed by atoms with E-state index in [2.05, 4.69) is 15.3 Å². The van der Waals surface area contributed by atoms with Crippen LogP contribution in [0.1, 0.15) is 18.5 Å². The highest BCUT2D eigenvalue weighted by Crippen LogP contribution is 2.32. The van der Waals surface area contributed by atoms with E-state index in [0.29, 0.717) is 5.92 Å². The Hall–Kier alpha value is -1.33. The fourth-order valence-corrected chi connectivity index (χ4v) is 1.41. The molecule has 3 nitrogen and oxygen atoms in total. The Morgan fingerprint density at radius 3 is 2.69 bits per heavy atom. The van der Waals surface area contributed by atoms with E-state index >= 15 is 0 Å². The quantitative estimate of drug-likeness (QED) is 0.864. The van der Waals surface area contributed by atoms with Gasteiger partial charge >= 0.3 is 6.18 Å². The maximum absolute atomic E-state index is 12.0. The van der Waals surface area contributed by atoms with Crippen molar-refractivity contribution in [3.63, 3.8) is 0 Å². The van der Waals surface area contributed by atoms with Crippen LogP contribution in [-0.2, 0) is 6.42 Å². The molecule has 1 N–H and O–H groups in total. The van der Waals surface area contributed by atoms with E-state index in [1.54, 1.807) is 6.07 Å². The van der Waals surface area contributed by atoms with Crippen LogP contribution in [0.2, 0.25) is 0 Å². The zero-order chi connectivity index (χ0) is 11.6. The minimum atomic E-state index is -4.22. The lowest BCUT2D eigenvalue weighted by atomic mass is 10.2. The fraction of sp³-hybridized carbons (Fsp3) is 0.600.